The Hall–Kier alpha value is -9.80. The van der Waals surface area contributed by atoms with Crippen LogP contribution >= 0.6 is 0 Å². The van der Waals surface area contributed by atoms with Gasteiger partial charge in [0.2, 0.25) is 0 Å². The minimum Gasteiger partial charge on any atom is -0.308 e. The molecule has 0 spiro atoms. The highest BCUT2D eigenvalue weighted by atomic mass is 15.1. The lowest BCUT2D eigenvalue weighted by Crippen LogP contribution is -2.04. The molecule has 3 heterocycles. The second kappa shape index (κ2) is 16.3. The third-order valence-corrected chi connectivity index (χ3v) is 13.0. The van der Waals surface area contributed by atoms with E-state index in [0.717, 1.165) is 111 Å². The van der Waals surface area contributed by atoms with E-state index in [0.29, 0.717) is 16.8 Å². The second-order valence-electron chi connectivity index (χ2n) is 16.9. The number of hydrogen-bond acceptors (Lipinski definition) is 3. The van der Waals surface area contributed by atoms with Crippen molar-refractivity contribution >= 4 is 49.3 Å². The molecular weight excluding hydrogens is 829 g/mol. The van der Waals surface area contributed by atoms with Gasteiger partial charge >= 0.3 is 0 Å². The number of nitrogens with zero attached hydrogens (tertiary/aromatic N) is 6. The lowest BCUT2D eigenvalue weighted by Gasteiger charge is -2.20. The Morgan fingerprint density at radius 3 is 1.24 bits per heavy atom. The monoisotopic (exact) mass is 864 g/mol. The van der Waals surface area contributed by atoms with E-state index < -0.39 is 0 Å². The van der Waals surface area contributed by atoms with Crippen molar-refractivity contribution in [3.05, 3.63) is 241 Å². The molecular formula is C62H36N6. The van der Waals surface area contributed by atoms with E-state index in [1.807, 2.05) is 84.9 Å². The van der Waals surface area contributed by atoms with Crippen molar-refractivity contribution < 1.29 is 0 Å². The molecule has 0 saturated heterocycles. The highest BCUT2D eigenvalue weighted by molar-refractivity contribution is 6.13. The fraction of sp³-hybridized carbons (Fsp3) is 0. The first-order valence-corrected chi connectivity index (χ1v) is 22.3. The molecule has 0 bridgehead atoms. The van der Waals surface area contributed by atoms with E-state index in [1.165, 1.54) is 0 Å². The van der Waals surface area contributed by atoms with Gasteiger partial charge in [-0.05, 0) is 118 Å². The molecule has 0 N–H and O–H groups in total. The normalized spacial score (nSPS) is 11.2. The molecule has 0 amide bonds. The van der Waals surface area contributed by atoms with Crippen LogP contribution in [0.25, 0.3) is 116 Å². The minimum absolute atomic E-state index is 0.511. The Balaban J connectivity index is 1.17. The Morgan fingerprint density at radius 2 is 0.779 bits per heavy atom. The van der Waals surface area contributed by atoms with Crippen LogP contribution in [0.1, 0.15) is 11.1 Å². The van der Waals surface area contributed by atoms with Crippen LogP contribution in [-0.4, -0.2) is 14.1 Å². The maximum Gasteiger partial charge on any atom is 0.197 e. The molecule has 0 saturated carbocycles. The molecule has 12 rings (SSSR count). The molecule has 9 aromatic carbocycles. The molecule has 6 heteroatoms. The summed E-state index contributed by atoms with van der Waals surface area (Å²) in [6, 6.07) is 78.9. The summed E-state index contributed by atoms with van der Waals surface area (Å²) in [6.45, 7) is 8.86. The van der Waals surface area contributed by atoms with E-state index in [4.69, 9.17) is 11.6 Å². The fourth-order valence-corrected chi connectivity index (χ4v) is 9.75. The smallest absolute Gasteiger partial charge is 0.197 e. The van der Waals surface area contributed by atoms with Gasteiger partial charge in [0.25, 0.3) is 0 Å². The Bertz CT molecular complexity index is 4030. The minimum atomic E-state index is 0.511. The maximum atomic E-state index is 9.53. The van der Waals surface area contributed by atoms with Gasteiger partial charge < -0.3 is 9.13 Å². The molecule has 0 aliphatic carbocycles. The van der Waals surface area contributed by atoms with Crippen molar-refractivity contribution in [2.45, 2.75) is 0 Å². The van der Waals surface area contributed by atoms with Gasteiger partial charge in [0.15, 0.2) is 5.69 Å². The van der Waals surface area contributed by atoms with Crippen molar-refractivity contribution in [1.82, 2.24) is 14.1 Å². The summed E-state index contributed by atoms with van der Waals surface area (Å²) >= 11 is 0. The van der Waals surface area contributed by atoms with Gasteiger partial charge in [-0.1, -0.05) is 133 Å². The largest absolute Gasteiger partial charge is 0.308 e. The van der Waals surface area contributed by atoms with Gasteiger partial charge in [0, 0.05) is 32.7 Å². The first kappa shape index (κ1) is 39.8. The maximum absolute atomic E-state index is 9.53. The second-order valence-corrected chi connectivity index (χ2v) is 16.9. The van der Waals surface area contributed by atoms with Crippen molar-refractivity contribution in [3.63, 3.8) is 0 Å². The molecule has 0 aliphatic heterocycles. The molecule has 314 valence electrons. The average Bonchev–Trinajstić information content (AvgIpc) is 3.93. The summed E-state index contributed by atoms with van der Waals surface area (Å²) < 4.78 is 4.66. The van der Waals surface area contributed by atoms with Crippen molar-refractivity contribution in [3.8, 4) is 79.4 Å². The van der Waals surface area contributed by atoms with Crippen LogP contribution < -0.4 is 0 Å². The Labute approximate surface area is 392 Å². The lowest BCUT2D eigenvalue weighted by molar-refractivity contribution is 1.10. The van der Waals surface area contributed by atoms with Gasteiger partial charge in [-0.3, -0.25) is 0 Å². The molecule has 0 unspecified atom stereocenters. The van der Waals surface area contributed by atoms with Crippen LogP contribution in [0.2, 0.25) is 0 Å². The number of benzene rings is 9. The van der Waals surface area contributed by atoms with Crippen LogP contribution in [0.3, 0.4) is 0 Å². The molecule has 0 atom stereocenters. The zero-order valence-corrected chi connectivity index (χ0v) is 36.5. The van der Waals surface area contributed by atoms with Crippen LogP contribution in [0, 0.1) is 29.2 Å². The third kappa shape index (κ3) is 6.67. The van der Waals surface area contributed by atoms with Crippen LogP contribution in [-0.2, 0) is 0 Å². The summed E-state index contributed by atoms with van der Waals surface area (Å²) in [7, 11) is 0. The molecule has 0 aliphatic rings. The van der Waals surface area contributed by atoms with E-state index in [9.17, 15) is 10.5 Å². The van der Waals surface area contributed by atoms with Crippen molar-refractivity contribution in [2.75, 3.05) is 0 Å². The van der Waals surface area contributed by atoms with Crippen LogP contribution in [0.15, 0.2) is 218 Å². The number of hydrogen-bond donors (Lipinski definition) is 0. The van der Waals surface area contributed by atoms with Gasteiger partial charge in [-0.2, -0.15) is 10.5 Å². The molecule has 12 aromatic rings. The van der Waals surface area contributed by atoms with E-state index in [2.05, 4.69) is 160 Å². The number of rotatable bonds is 7. The first-order valence-electron chi connectivity index (χ1n) is 22.3. The van der Waals surface area contributed by atoms with E-state index in [1.54, 1.807) is 0 Å². The lowest BCUT2D eigenvalue weighted by atomic mass is 9.97. The molecule has 68 heavy (non-hydrogen) atoms. The fourth-order valence-electron chi connectivity index (χ4n) is 9.75. The predicted octanol–water partition coefficient (Wildman–Crippen LogP) is 15.9. The molecule has 3 aromatic heterocycles. The van der Waals surface area contributed by atoms with Gasteiger partial charge in [0.1, 0.15) is 0 Å². The highest BCUT2D eigenvalue weighted by Crippen LogP contribution is 2.45. The Kier molecular flexibility index (Phi) is 9.55. The van der Waals surface area contributed by atoms with E-state index >= 15 is 0 Å². The Morgan fingerprint density at radius 1 is 0.368 bits per heavy atom. The third-order valence-electron chi connectivity index (χ3n) is 13.0. The number of fused-ring (bicyclic) bond motifs is 6. The SMILES string of the molecule is [C-]#[N+]c1cc(-n2c3ccccc3c3cc(-c4ccc(C#N)cc4)ccc32)c(-n2c3ccccc3c3cc(-c4ccc(C#N)cc4)ccc32)cc1-c1cc(-c2ccccc2)nc(-c2ccccc2)c1. The summed E-state index contributed by atoms with van der Waals surface area (Å²) in [5.74, 6) is 0. The topological polar surface area (TPSA) is 74.7 Å². The molecule has 6 nitrogen and oxygen atoms in total. The van der Waals surface area contributed by atoms with Gasteiger partial charge in [-0.15, -0.1) is 0 Å². The summed E-state index contributed by atoms with van der Waals surface area (Å²) in [4.78, 5) is 9.52. The first-order chi connectivity index (χ1) is 33.6. The zero-order chi connectivity index (χ0) is 45.7. The van der Waals surface area contributed by atoms with Crippen molar-refractivity contribution in [1.29, 1.82) is 10.5 Å². The summed E-state index contributed by atoms with van der Waals surface area (Å²) in [5.41, 5.74) is 17.0. The van der Waals surface area contributed by atoms with Crippen LogP contribution in [0.4, 0.5) is 5.69 Å². The zero-order valence-electron chi connectivity index (χ0n) is 36.5. The summed E-state index contributed by atoms with van der Waals surface area (Å²) in [6.07, 6.45) is 0. The van der Waals surface area contributed by atoms with Crippen molar-refractivity contribution in [2.24, 2.45) is 0 Å². The number of para-hydroxylation sites is 2. The molecule has 0 radical (unpaired) electrons. The summed E-state index contributed by atoms with van der Waals surface area (Å²) in [5, 5.41) is 23.4. The molecule has 0 fully saturated rings. The average molecular weight is 865 g/mol. The highest BCUT2D eigenvalue weighted by Gasteiger charge is 2.24. The predicted molar refractivity (Wildman–Crippen MR) is 276 cm³/mol. The van der Waals surface area contributed by atoms with Crippen LogP contribution in [0.5, 0.6) is 0 Å². The quantitative estimate of drug-likeness (QED) is 0.150. The van der Waals surface area contributed by atoms with E-state index in [-0.39, 0.29) is 0 Å². The number of nitriles is 2. The standard InChI is InChI=1S/C62H36N6/c1-65-56-37-62(68-58-19-11-9-17-50(58)53-33-47(29-31-60(53)68)43-26-22-41(39-64)23-27-43)61(36-51(56)48-34-54(44-12-4-2-5-13-44)66-55(35-48)45-14-6-3-7-15-45)67-57-18-10-8-16-49(57)52-32-46(28-30-59(52)67)42-24-20-40(38-63)21-25-42/h2-37H. The van der Waals surface area contributed by atoms with Gasteiger partial charge in [-0.25, -0.2) is 9.83 Å². The van der Waals surface area contributed by atoms with Gasteiger partial charge in [0.05, 0.1) is 74.7 Å². The number of pyridine rings is 1. The number of aromatic nitrogens is 3.